The average molecular weight is 436 g/mol. The Labute approximate surface area is 190 Å². The highest BCUT2D eigenvalue weighted by Crippen LogP contribution is 2.31. The number of fused-ring (bicyclic) bond motifs is 1. The highest BCUT2D eigenvalue weighted by molar-refractivity contribution is 5.80. The molecule has 0 bridgehead atoms. The third-order valence-electron chi connectivity index (χ3n) is 6.26. The Kier molecular flexibility index (Phi) is 7.27. The molecular formula is C25H33N5O2. The number of amides is 1. The van der Waals surface area contributed by atoms with E-state index in [-0.39, 0.29) is 17.9 Å². The number of primary amides is 1. The summed E-state index contributed by atoms with van der Waals surface area (Å²) in [6.07, 6.45) is 2.82. The summed E-state index contributed by atoms with van der Waals surface area (Å²) in [7, 11) is 1.79. The van der Waals surface area contributed by atoms with E-state index in [1.165, 1.54) is 16.7 Å². The second kappa shape index (κ2) is 10.5. The molecule has 2 aliphatic heterocycles. The Morgan fingerprint density at radius 3 is 2.88 bits per heavy atom. The lowest BCUT2D eigenvalue weighted by Crippen LogP contribution is -2.41. The standard InChI is InChI=1S/C25H33N5O2/c1-27-25(29-22-11-13-32-23-10-3-2-9-21(22)23)28-15-18-6-4-7-19(14-18)16-30-12-5-8-20(17-30)24(26)31/h2-4,6-7,9-10,14,20,22H,5,8,11-13,15-17H2,1H3,(H2,26,31)(H2,27,28,29). The third-order valence-corrected chi connectivity index (χ3v) is 6.26. The smallest absolute Gasteiger partial charge is 0.221 e. The highest BCUT2D eigenvalue weighted by atomic mass is 16.5. The fourth-order valence-corrected chi connectivity index (χ4v) is 4.57. The van der Waals surface area contributed by atoms with Crippen LogP contribution in [0.5, 0.6) is 5.75 Å². The van der Waals surface area contributed by atoms with Crippen molar-refractivity contribution >= 4 is 11.9 Å². The molecule has 0 aliphatic carbocycles. The summed E-state index contributed by atoms with van der Waals surface area (Å²) in [5, 5.41) is 6.97. The van der Waals surface area contributed by atoms with Crippen LogP contribution >= 0.6 is 0 Å². The highest BCUT2D eigenvalue weighted by Gasteiger charge is 2.24. The van der Waals surface area contributed by atoms with Crippen molar-refractivity contribution < 1.29 is 9.53 Å². The van der Waals surface area contributed by atoms with Gasteiger partial charge in [0.1, 0.15) is 5.75 Å². The molecule has 0 spiro atoms. The van der Waals surface area contributed by atoms with E-state index in [2.05, 4.69) is 50.9 Å². The summed E-state index contributed by atoms with van der Waals surface area (Å²) in [6, 6.07) is 16.9. The maximum Gasteiger partial charge on any atom is 0.221 e. The molecule has 7 nitrogen and oxygen atoms in total. The fourth-order valence-electron chi connectivity index (χ4n) is 4.57. The average Bonchev–Trinajstić information content (AvgIpc) is 2.82. The molecule has 2 aliphatic rings. The second-order valence-corrected chi connectivity index (χ2v) is 8.59. The van der Waals surface area contributed by atoms with E-state index in [1.807, 2.05) is 18.2 Å². The molecule has 1 saturated heterocycles. The van der Waals surface area contributed by atoms with Gasteiger partial charge in [-0.15, -0.1) is 0 Å². The molecule has 170 valence electrons. The lowest BCUT2D eigenvalue weighted by atomic mass is 9.97. The Hall–Kier alpha value is -3.06. The van der Waals surface area contributed by atoms with Crippen LogP contribution in [0.4, 0.5) is 0 Å². The van der Waals surface area contributed by atoms with Crippen LogP contribution in [0.1, 0.15) is 42.0 Å². The van der Waals surface area contributed by atoms with Crippen LogP contribution in [0.3, 0.4) is 0 Å². The summed E-state index contributed by atoms with van der Waals surface area (Å²) < 4.78 is 5.76. The van der Waals surface area contributed by atoms with Gasteiger partial charge in [0, 0.05) is 38.7 Å². The molecule has 4 N–H and O–H groups in total. The number of piperidine rings is 1. The second-order valence-electron chi connectivity index (χ2n) is 8.59. The van der Waals surface area contributed by atoms with Gasteiger partial charge in [-0.2, -0.15) is 0 Å². The molecule has 2 unspecified atom stereocenters. The minimum atomic E-state index is -0.182. The topological polar surface area (TPSA) is 92.0 Å². The summed E-state index contributed by atoms with van der Waals surface area (Å²) >= 11 is 0. The van der Waals surface area contributed by atoms with Gasteiger partial charge in [0.05, 0.1) is 18.6 Å². The zero-order valence-corrected chi connectivity index (χ0v) is 18.7. The molecule has 0 radical (unpaired) electrons. The fraction of sp³-hybridized carbons (Fsp3) is 0.440. The van der Waals surface area contributed by atoms with Crippen molar-refractivity contribution in [3.63, 3.8) is 0 Å². The summed E-state index contributed by atoms with van der Waals surface area (Å²) in [5.41, 5.74) is 9.13. The molecule has 4 rings (SSSR count). The predicted octanol–water partition coefficient (Wildman–Crippen LogP) is 2.57. The van der Waals surface area contributed by atoms with Gasteiger partial charge in [-0.3, -0.25) is 14.7 Å². The molecular weight excluding hydrogens is 402 g/mol. The number of likely N-dealkylation sites (tertiary alicyclic amines) is 1. The number of hydrogen-bond donors (Lipinski definition) is 3. The quantitative estimate of drug-likeness (QED) is 0.479. The first-order valence-electron chi connectivity index (χ1n) is 11.4. The number of para-hydroxylation sites is 1. The zero-order valence-electron chi connectivity index (χ0n) is 18.7. The number of benzene rings is 2. The molecule has 2 atom stereocenters. The number of guanidine groups is 1. The van der Waals surface area contributed by atoms with E-state index in [9.17, 15) is 4.79 Å². The number of carbonyl (C=O) groups is 1. The van der Waals surface area contributed by atoms with Gasteiger partial charge in [0.25, 0.3) is 0 Å². The molecule has 0 saturated carbocycles. The van der Waals surface area contributed by atoms with E-state index < -0.39 is 0 Å². The molecule has 2 aromatic rings. The van der Waals surface area contributed by atoms with Crippen molar-refractivity contribution in [2.24, 2.45) is 16.6 Å². The molecule has 7 heteroatoms. The number of hydrogen-bond acceptors (Lipinski definition) is 4. The van der Waals surface area contributed by atoms with E-state index >= 15 is 0 Å². The van der Waals surface area contributed by atoms with Crippen LogP contribution in [-0.4, -0.2) is 43.5 Å². The summed E-state index contributed by atoms with van der Waals surface area (Å²) in [5.74, 6) is 1.50. The monoisotopic (exact) mass is 435 g/mol. The maximum absolute atomic E-state index is 11.6. The number of ether oxygens (including phenoxy) is 1. The number of rotatable bonds is 6. The van der Waals surface area contributed by atoms with E-state index in [4.69, 9.17) is 10.5 Å². The van der Waals surface area contributed by atoms with E-state index in [0.29, 0.717) is 13.2 Å². The van der Waals surface area contributed by atoms with Crippen molar-refractivity contribution in [2.45, 2.75) is 38.4 Å². The molecule has 2 heterocycles. The van der Waals surface area contributed by atoms with Crippen LogP contribution in [0.2, 0.25) is 0 Å². The number of aliphatic imine (C=N–C) groups is 1. The molecule has 1 amide bonds. The minimum absolute atomic E-state index is 0.0293. The predicted molar refractivity (Wildman–Crippen MR) is 126 cm³/mol. The number of carbonyl (C=O) groups excluding carboxylic acids is 1. The van der Waals surface area contributed by atoms with Gasteiger partial charge in [-0.05, 0) is 36.6 Å². The largest absolute Gasteiger partial charge is 0.493 e. The van der Waals surface area contributed by atoms with Crippen LogP contribution in [-0.2, 0) is 17.9 Å². The number of nitrogens with one attached hydrogen (secondary N) is 2. The van der Waals surface area contributed by atoms with Crippen molar-refractivity contribution in [1.29, 1.82) is 0 Å². The van der Waals surface area contributed by atoms with Gasteiger partial charge in [-0.1, -0.05) is 42.5 Å². The first-order chi connectivity index (χ1) is 15.6. The number of nitrogens with zero attached hydrogens (tertiary/aromatic N) is 2. The van der Waals surface area contributed by atoms with E-state index in [0.717, 1.165) is 50.6 Å². The van der Waals surface area contributed by atoms with Crippen molar-refractivity contribution in [1.82, 2.24) is 15.5 Å². The van der Waals surface area contributed by atoms with Gasteiger partial charge >= 0.3 is 0 Å². The van der Waals surface area contributed by atoms with Gasteiger partial charge in [0.2, 0.25) is 5.91 Å². The van der Waals surface area contributed by atoms with E-state index in [1.54, 1.807) is 7.05 Å². The van der Waals surface area contributed by atoms with Crippen LogP contribution < -0.4 is 21.1 Å². The lowest BCUT2D eigenvalue weighted by Gasteiger charge is -2.31. The Balaban J connectivity index is 1.33. The van der Waals surface area contributed by atoms with Crippen LogP contribution in [0, 0.1) is 5.92 Å². The van der Waals surface area contributed by atoms with Gasteiger partial charge in [-0.25, -0.2) is 0 Å². The minimum Gasteiger partial charge on any atom is -0.493 e. The van der Waals surface area contributed by atoms with Crippen LogP contribution in [0.15, 0.2) is 53.5 Å². The summed E-state index contributed by atoms with van der Waals surface area (Å²) in [6.45, 7) is 3.98. The first kappa shape index (κ1) is 22.1. The number of nitrogens with two attached hydrogens (primary N) is 1. The molecule has 1 fully saturated rings. The van der Waals surface area contributed by atoms with Crippen LogP contribution in [0.25, 0.3) is 0 Å². The van der Waals surface area contributed by atoms with Gasteiger partial charge < -0.3 is 21.1 Å². The first-order valence-corrected chi connectivity index (χ1v) is 11.4. The van der Waals surface area contributed by atoms with Gasteiger partial charge in [0.15, 0.2) is 5.96 Å². The SMILES string of the molecule is CN=C(NCc1cccc(CN2CCCC(C(N)=O)C2)c1)NC1CCOc2ccccc21. The molecule has 32 heavy (non-hydrogen) atoms. The Morgan fingerprint density at radius 2 is 2.03 bits per heavy atom. The molecule has 2 aromatic carbocycles. The zero-order chi connectivity index (χ0) is 22.3. The van der Waals surface area contributed by atoms with Crippen molar-refractivity contribution in [2.75, 3.05) is 26.7 Å². The summed E-state index contributed by atoms with van der Waals surface area (Å²) in [4.78, 5) is 18.3. The Morgan fingerprint density at radius 1 is 1.19 bits per heavy atom. The van der Waals surface area contributed by atoms with Crippen molar-refractivity contribution in [3.05, 3.63) is 65.2 Å². The third kappa shape index (κ3) is 5.59. The lowest BCUT2D eigenvalue weighted by molar-refractivity contribution is -0.123. The van der Waals surface area contributed by atoms with Crippen molar-refractivity contribution in [3.8, 4) is 5.75 Å². The Bertz CT molecular complexity index is 961. The molecule has 0 aromatic heterocycles. The normalized spacial score (nSPS) is 21.3. The maximum atomic E-state index is 11.6.